The van der Waals surface area contributed by atoms with Gasteiger partial charge in [0.15, 0.2) is 6.61 Å². The topological polar surface area (TPSA) is 70.9 Å². The van der Waals surface area contributed by atoms with E-state index in [0.717, 1.165) is 21.9 Å². The lowest BCUT2D eigenvalue weighted by atomic mass is 10.0. The number of nitrogens with zero attached hydrogens (tertiary/aromatic N) is 1. The third kappa shape index (κ3) is 4.00. The second kappa shape index (κ2) is 7.70. The van der Waals surface area contributed by atoms with Crippen LogP contribution in [0, 0.1) is 13.8 Å². The fourth-order valence-electron chi connectivity index (χ4n) is 2.63. The summed E-state index contributed by atoms with van der Waals surface area (Å²) in [5.74, 6) is 0.408. The highest BCUT2D eigenvalue weighted by atomic mass is 16.5. The van der Waals surface area contributed by atoms with Crippen molar-refractivity contribution in [3.63, 3.8) is 0 Å². The van der Waals surface area contributed by atoms with Crippen molar-refractivity contribution in [1.82, 2.24) is 5.43 Å². The van der Waals surface area contributed by atoms with Crippen molar-refractivity contribution in [3.8, 4) is 11.5 Å². The van der Waals surface area contributed by atoms with Gasteiger partial charge in [0.05, 0.1) is 6.21 Å². The lowest BCUT2D eigenvalue weighted by Crippen LogP contribution is -2.24. The maximum Gasteiger partial charge on any atom is 0.277 e. The summed E-state index contributed by atoms with van der Waals surface area (Å²) < 4.78 is 5.54. The van der Waals surface area contributed by atoms with Gasteiger partial charge in [-0.3, -0.25) is 4.79 Å². The van der Waals surface area contributed by atoms with Crippen LogP contribution in [0.4, 0.5) is 0 Å². The molecular formula is C21H20N2O3. The SMILES string of the molecule is Cc1ccc(C)c(OCC(=O)NN=Cc2c(O)ccc3ccccc23)c1. The molecule has 0 atom stereocenters. The van der Waals surface area contributed by atoms with E-state index >= 15 is 0 Å². The molecule has 0 saturated heterocycles. The number of hydrogen-bond donors (Lipinski definition) is 2. The van der Waals surface area contributed by atoms with Crippen LogP contribution in [0.5, 0.6) is 11.5 Å². The Kier molecular flexibility index (Phi) is 5.17. The first-order valence-corrected chi connectivity index (χ1v) is 8.27. The highest BCUT2D eigenvalue weighted by molar-refractivity contribution is 6.02. The van der Waals surface area contributed by atoms with Crippen molar-refractivity contribution < 1.29 is 14.6 Å². The number of aryl methyl sites for hydroxylation is 2. The van der Waals surface area contributed by atoms with E-state index in [-0.39, 0.29) is 18.3 Å². The number of hydrogen-bond acceptors (Lipinski definition) is 4. The summed E-state index contributed by atoms with van der Waals surface area (Å²) >= 11 is 0. The molecule has 132 valence electrons. The number of nitrogens with one attached hydrogen (secondary N) is 1. The van der Waals surface area contributed by atoms with Gasteiger partial charge in [-0.1, -0.05) is 42.5 Å². The monoisotopic (exact) mass is 348 g/mol. The number of amides is 1. The Labute approximate surface area is 151 Å². The first kappa shape index (κ1) is 17.5. The average Bonchev–Trinajstić information content (AvgIpc) is 2.64. The molecule has 0 aromatic heterocycles. The van der Waals surface area contributed by atoms with Crippen LogP contribution in [0.1, 0.15) is 16.7 Å². The molecule has 3 aromatic rings. The number of carbonyl (C=O) groups excluding carboxylic acids is 1. The van der Waals surface area contributed by atoms with E-state index in [1.165, 1.54) is 6.21 Å². The average molecular weight is 348 g/mol. The molecule has 1 amide bonds. The number of phenols is 1. The summed E-state index contributed by atoms with van der Waals surface area (Å²) in [6.07, 6.45) is 1.44. The van der Waals surface area contributed by atoms with E-state index in [1.54, 1.807) is 6.07 Å². The molecule has 0 aliphatic rings. The third-order valence-electron chi connectivity index (χ3n) is 4.03. The minimum atomic E-state index is -0.373. The normalized spacial score (nSPS) is 11.0. The molecule has 0 fully saturated rings. The Morgan fingerprint density at radius 2 is 1.96 bits per heavy atom. The van der Waals surface area contributed by atoms with Gasteiger partial charge >= 0.3 is 0 Å². The lowest BCUT2D eigenvalue weighted by Gasteiger charge is -2.09. The predicted octanol–water partition coefficient (Wildman–Crippen LogP) is 3.69. The Bertz CT molecular complexity index is 980. The number of aromatic hydroxyl groups is 1. The van der Waals surface area contributed by atoms with Crippen LogP contribution in [0.15, 0.2) is 59.7 Å². The van der Waals surface area contributed by atoms with Crippen LogP contribution >= 0.6 is 0 Å². The molecule has 0 saturated carbocycles. The number of carbonyl (C=O) groups is 1. The molecule has 3 rings (SSSR count). The van der Waals surface area contributed by atoms with E-state index in [9.17, 15) is 9.90 Å². The number of benzene rings is 3. The quantitative estimate of drug-likeness (QED) is 0.546. The molecule has 2 N–H and O–H groups in total. The van der Waals surface area contributed by atoms with E-state index < -0.39 is 0 Å². The van der Waals surface area contributed by atoms with Gasteiger partial charge in [0, 0.05) is 5.56 Å². The third-order valence-corrected chi connectivity index (χ3v) is 4.03. The smallest absolute Gasteiger partial charge is 0.277 e. The molecular weight excluding hydrogens is 328 g/mol. The summed E-state index contributed by atoms with van der Waals surface area (Å²) in [7, 11) is 0. The van der Waals surface area contributed by atoms with Crippen LogP contribution in [0.2, 0.25) is 0 Å². The minimum Gasteiger partial charge on any atom is -0.507 e. The number of rotatable bonds is 5. The van der Waals surface area contributed by atoms with Crippen molar-refractivity contribution in [1.29, 1.82) is 0 Å². The minimum absolute atomic E-state index is 0.105. The molecule has 0 aliphatic carbocycles. The van der Waals surface area contributed by atoms with Crippen LogP contribution < -0.4 is 10.2 Å². The zero-order valence-corrected chi connectivity index (χ0v) is 14.7. The number of phenolic OH excluding ortho intramolecular Hbond substituents is 1. The highest BCUT2D eigenvalue weighted by Crippen LogP contribution is 2.25. The van der Waals surface area contributed by atoms with Crippen LogP contribution in [-0.2, 0) is 4.79 Å². The molecule has 0 spiro atoms. The van der Waals surface area contributed by atoms with Gasteiger partial charge in [-0.15, -0.1) is 0 Å². The van der Waals surface area contributed by atoms with E-state index in [2.05, 4.69) is 10.5 Å². The summed E-state index contributed by atoms with van der Waals surface area (Å²) in [4.78, 5) is 11.9. The van der Waals surface area contributed by atoms with Gasteiger partial charge in [-0.25, -0.2) is 5.43 Å². The first-order chi connectivity index (χ1) is 12.5. The molecule has 0 unspecified atom stereocenters. The lowest BCUT2D eigenvalue weighted by molar-refractivity contribution is -0.123. The standard InChI is InChI=1S/C21H20N2O3/c1-14-7-8-15(2)20(11-14)26-13-21(25)23-22-12-18-17-6-4-3-5-16(17)9-10-19(18)24/h3-12,24H,13H2,1-2H3,(H,23,25). The fourth-order valence-corrected chi connectivity index (χ4v) is 2.63. The molecule has 0 radical (unpaired) electrons. The first-order valence-electron chi connectivity index (χ1n) is 8.27. The number of hydrazone groups is 1. The van der Waals surface area contributed by atoms with E-state index in [1.807, 2.05) is 62.4 Å². The van der Waals surface area contributed by atoms with Crippen molar-refractivity contribution in [3.05, 3.63) is 71.3 Å². The molecule has 0 bridgehead atoms. The van der Waals surface area contributed by atoms with Gasteiger partial charge in [-0.05, 0) is 47.9 Å². The van der Waals surface area contributed by atoms with Crippen LogP contribution in [-0.4, -0.2) is 23.8 Å². The Morgan fingerprint density at radius 1 is 1.15 bits per heavy atom. The zero-order valence-electron chi connectivity index (χ0n) is 14.7. The molecule has 5 nitrogen and oxygen atoms in total. The zero-order chi connectivity index (χ0) is 18.5. The molecule has 3 aromatic carbocycles. The van der Waals surface area contributed by atoms with E-state index in [0.29, 0.717) is 11.3 Å². The summed E-state index contributed by atoms with van der Waals surface area (Å²) in [5.41, 5.74) is 5.01. The van der Waals surface area contributed by atoms with Crippen LogP contribution in [0.3, 0.4) is 0 Å². The Morgan fingerprint density at radius 3 is 2.81 bits per heavy atom. The van der Waals surface area contributed by atoms with Gasteiger partial charge in [0.1, 0.15) is 11.5 Å². The summed E-state index contributed by atoms with van der Waals surface area (Å²) in [6.45, 7) is 3.75. The summed E-state index contributed by atoms with van der Waals surface area (Å²) in [5, 5.41) is 15.8. The van der Waals surface area contributed by atoms with E-state index in [4.69, 9.17) is 4.74 Å². The molecule has 0 aliphatic heterocycles. The number of ether oxygens (including phenoxy) is 1. The highest BCUT2D eigenvalue weighted by Gasteiger charge is 2.06. The van der Waals surface area contributed by atoms with Gasteiger partial charge in [0.2, 0.25) is 0 Å². The van der Waals surface area contributed by atoms with Gasteiger partial charge in [-0.2, -0.15) is 5.10 Å². The maximum atomic E-state index is 11.9. The number of fused-ring (bicyclic) bond motifs is 1. The molecule has 26 heavy (non-hydrogen) atoms. The Hall–Kier alpha value is -3.34. The second-order valence-electron chi connectivity index (χ2n) is 6.07. The van der Waals surface area contributed by atoms with Crippen molar-refractivity contribution >= 4 is 22.9 Å². The molecule has 5 heteroatoms. The predicted molar refractivity (Wildman–Crippen MR) is 103 cm³/mol. The van der Waals surface area contributed by atoms with Crippen molar-refractivity contribution in [2.45, 2.75) is 13.8 Å². The fraction of sp³-hybridized carbons (Fsp3) is 0.143. The summed E-state index contributed by atoms with van der Waals surface area (Å²) in [6, 6.07) is 16.9. The van der Waals surface area contributed by atoms with Gasteiger partial charge < -0.3 is 9.84 Å². The largest absolute Gasteiger partial charge is 0.507 e. The van der Waals surface area contributed by atoms with Gasteiger partial charge in [0.25, 0.3) is 5.91 Å². The van der Waals surface area contributed by atoms with Crippen molar-refractivity contribution in [2.24, 2.45) is 5.10 Å². The molecule has 0 heterocycles. The van der Waals surface area contributed by atoms with Crippen molar-refractivity contribution in [2.75, 3.05) is 6.61 Å². The van der Waals surface area contributed by atoms with Crippen LogP contribution in [0.25, 0.3) is 10.8 Å². The second-order valence-corrected chi connectivity index (χ2v) is 6.07. The Balaban J connectivity index is 1.65. The maximum absolute atomic E-state index is 11.9.